The standard InChI is InChI=1S/C16H23N3O4/c1-11-6-7-13(19(22)23)12(2)14(11)17-15(20)18(3)10-16(21)8-4-5-9-16/h6-7,21H,4-5,8-10H2,1-3H3,(H,17,20). The number of carbonyl (C=O) groups is 1. The van der Waals surface area contributed by atoms with Crippen molar-refractivity contribution >= 4 is 17.4 Å². The lowest BCUT2D eigenvalue weighted by Gasteiger charge is -2.29. The van der Waals surface area contributed by atoms with Gasteiger partial charge in [-0.15, -0.1) is 0 Å². The molecule has 0 aliphatic heterocycles. The first-order valence-corrected chi connectivity index (χ1v) is 7.72. The molecule has 126 valence electrons. The van der Waals surface area contributed by atoms with Crippen LogP contribution in [-0.2, 0) is 0 Å². The van der Waals surface area contributed by atoms with Crippen molar-refractivity contribution in [3.05, 3.63) is 33.4 Å². The zero-order valence-electron chi connectivity index (χ0n) is 13.8. The first-order chi connectivity index (χ1) is 10.7. The predicted octanol–water partition coefficient (Wildman–Crippen LogP) is 2.98. The minimum Gasteiger partial charge on any atom is -0.388 e. The van der Waals surface area contributed by atoms with E-state index in [-0.39, 0.29) is 18.3 Å². The summed E-state index contributed by atoms with van der Waals surface area (Å²) in [6.07, 6.45) is 3.32. The number of anilines is 1. The zero-order chi connectivity index (χ0) is 17.2. The van der Waals surface area contributed by atoms with Gasteiger partial charge in [0.05, 0.1) is 28.3 Å². The molecule has 0 spiro atoms. The number of urea groups is 1. The van der Waals surface area contributed by atoms with Gasteiger partial charge >= 0.3 is 6.03 Å². The molecule has 1 fully saturated rings. The third-order valence-electron chi connectivity index (χ3n) is 4.49. The molecule has 0 unspecified atom stereocenters. The molecule has 1 aromatic carbocycles. The number of nitrogens with zero attached hydrogens (tertiary/aromatic N) is 2. The number of hydrogen-bond acceptors (Lipinski definition) is 4. The first kappa shape index (κ1) is 17.2. The molecule has 0 radical (unpaired) electrons. The van der Waals surface area contributed by atoms with Gasteiger partial charge in [-0.2, -0.15) is 0 Å². The fourth-order valence-electron chi connectivity index (χ4n) is 3.13. The van der Waals surface area contributed by atoms with Gasteiger partial charge in [-0.25, -0.2) is 4.79 Å². The van der Waals surface area contributed by atoms with Crippen molar-refractivity contribution in [3.63, 3.8) is 0 Å². The number of aliphatic hydroxyl groups is 1. The van der Waals surface area contributed by atoms with E-state index in [4.69, 9.17) is 0 Å². The minimum atomic E-state index is -0.821. The molecule has 2 amide bonds. The summed E-state index contributed by atoms with van der Waals surface area (Å²) in [5.74, 6) is 0. The maximum Gasteiger partial charge on any atom is 0.321 e. The van der Waals surface area contributed by atoms with Crippen molar-refractivity contribution in [1.82, 2.24) is 4.90 Å². The summed E-state index contributed by atoms with van der Waals surface area (Å²) in [7, 11) is 1.62. The van der Waals surface area contributed by atoms with Crippen LogP contribution >= 0.6 is 0 Å². The molecule has 1 saturated carbocycles. The Hall–Kier alpha value is -2.15. The summed E-state index contributed by atoms with van der Waals surface area (Å²) >= 11 is 0. The number of nitro benzene ring substituents is 1. The Morgan fingerprint density at radius 3 is 2.57 bits per heavy atom. The van der Waals surface area contributed by atoms with E-state index in [9.17, 15) is 20.0 Å². The van der Waals surface area contributed by atoms with Crippen LogP contribution in [0.25, 0.3) is 0 Å². The molecule has 1 aliphatic rings. The van der Waals surface area contributed by atoms with Crippen LogP contribution in [0.1, 0.15) is 36.8 Å². The average Bonchev–Trinajstić information content (AvgIpc) is 2.89. The topological polar surface area (TPSA) is 95.7 Å². The number of carbonyl (C=O) groups excluding carboxylic acids is 1. The second kappa shape index (κ2) is 6.54. The van der Waals surface area contributed by atoms with Crippen LogP contribution in [0.5, 0.6) is 0 Å². The lowest BCUT2D eigenvalue weighted by atomic mass is 10.0. The summed E-state index contributed by atoms with van der Waals surface area (Å²) in [4.78, 5) is 24.4. The highest BCUT2D eigenvalue weighted by molar-refractivity contribution is 5.91. The summed E-state index contributed by atoms with van der Waals surface area (Å²) in [6.45, 7) is 3.66. The third kappa shape index (κ3) is 3.79. The van der Waals surface area contributed by atoms with E-state index in [0.29, 0.717) is 24.1 Å². The van der Waals surface area contributed by atoms with Gasteiger partial charge in [0, 0.05) is 13.1 Å². The Morgan fingerprint density at radius 1 is 1.39 bits per heavy atom. The van der Waals surface area contributed by atoms with Crippen LogP contribution in [0.4, 0.5) is 16.2 Å². The van der Waals surface area contributed by atoms with Crippen LogP contribution in [0.2, 0.25) is 0 Å². The summed E-state index contributed by atoms with van der Waals surface area (Å²) < 4.78 is 0. The van der Waals surface area contributed by atoms with E-state index in [2.05, 4.69) is 5.32 Å². The molecule has 7 nitrogen and oxygen atoms in total. The van der Waals surface area contributed by atoms with Crippen LogP contribution in [0.15, 0.2) is 12.1 Å². The Kier molecular flexibility index (Phi) is 4.89. The Balaban J connectivity index is 2.13. The molecule has 0 aromatic heterocycles. The van der Waals surface area contributed by atoms with Gasteiger partial charge in [0.2, 0.25) is 0 Å². The molecule has 2 rings (SSSR count). The molecule has 0 heterocycles. The fraction of sp³-hybridized carbons (Fsp3) is 0.562. The lowest BCUT2D eigenvalue weighted by molar-refractivity contribution is -0.385. The molecule has 23 heavy (non-hydrogen) atoms. The Labute approximate surface area is 135 Å². The van der Waals surface area contributed by atoms with Gasteiger partial charge < -0.3 is 15.3 Å². The third-order valence-corrected chi connectivity index (χ3v) is 4.49. The van der Waals surface area contributed by atoms with Crippen molar-refractivity contribution in [1.29, 1.82) is 0 Å². The molecular weight excluding hydrogens is 298 g/mol. The molecule has 1 aliphatic carbocycles. The van der Waals surface area contributed by atoms with Crippen molar-refractivity contribution < 1.29 is 14.8 Å². The highest BCUT2D eigenvalue weighted by atomic mass is 16.6. The Bertz CT molecular complexity index is 624. The normalized spacial score (nSPS) is 16.2. The SMILES string of the molecule is Cc1ccc([N+](=O)[O-])c(C)c1NC(=O)N(C)CC1(O)CCCC1. The summed E-state index contributed by atoms with van der Waals surface area (Å²) in [5, 5.41) is 24.2. The van der Waals surface area contributed by atoms with Gasteiger partial charge in [0.1, 0.15) is 0 Å². The van der Waals surface area contributed by atoms with Crippen LogP contribution in [-0.4, -0.2) is 40.2 Å². The van der Waals surface area contributed by atoms with Crippen molar-refractivity contribution in [3.8, 4) is 0 Å². The molecule has 7 heteroatoms. The minimum absolute atomic E-state index is 0.0250. The summed E-state index contributed by atoms with van der Waals surface area (Å²) in [6, 6.07) is 2.67. The van der Waals surface area contributed by atoms with Crippen molar-refractivity contribution in [2.75, 3.05) is 18.9 Å². The van der Waals surface area contributed by atoms with Gasteiger partial charge in [-0.05, 0) is 32.3 Å². The lowest BCUT2D eigenvalue weighted by Crippen LogP contribution is -2.43. The monoisotopic (exact) mass is 321 g/mol. The zero-order valence-corrected chi connectivity index (χ0v) is 13.8. The van der Waals surface area contributed by atoms with Gasteiger partial charge in [0.15, 0.2) is 0 Å². The molecular formula is C16H23N3O4. The smallest absolute Gasteiger partial charge is 0.321 e. The van der Waals surface area contributed by atoms with Gasteiger partial charge in [-0.1, -0.05) is 18.9 Å². The number of nitrogens with one attached hydrogen (secondary N) is 1. The number of nitro groups is 1. The van der Waals surface area contributed by atoms with E-state index in [1.54, 1.807) is 27.0 Å². The van der Waals surface area contributed by atoms with Gasteiger partial charge in [0.25, 0.3) is 5.69 Å². The van der Waals surface area contributed by atoms with E-state index < -0.39 is 10.5 Å². The Morgan fingerprint density at radius 2 is 2.00 bits per heavy atom. The number of hydrogen-bond donors (Lipinski definition) is 2. The molecule has 0 atom stereocenters. The van der Waals surface area contributed by atoms with E-state index >= 15 is 0 Å². The van der Waals surface area contributed by atoms with Crippen LogP contribution in [0, 0.1) is 24.0 Å². The van der Waals surface area contributed by atoms with E-state index in [0.717, 1.165) is 18.4 Å². The average molecular weight is 321 g/mol. The number of likely N-dealkylation sites (N-methyl/N-ethyl adjacent to an activating group) is 1. The maximum absolute atomic E-state index is 12.4. The number of aryl methyl sites for hydroxylation is 1. The molecule has 1 aromatic rings. The first-order valence-electron chi connectivity index (χ1n) is 7.72. The molecule has 0 bridgehead atoms. The van der Waals surface area contributed by atoms with E-state index in [1.165, 1.54) is 11.0 Å². The van der Waals surface area contributed by atoms with Crippen molar-refractivity contribution in [2.24, 2.45) is 0 Å². The number of benzene rings is 1. The highest BCUT2D eigenvalue weighted by Crippen LogP contribution is 2.31. The quantitative estimate of drug-likeness (QED) is 0.658. The van der Waals surface area contributed by atoms with Gasteiger partial charge in [-0.3, -0.25) is 10.1 Å². The largest absolute Gasteiger partial charge is 0.388 e. The second-order valence-electron chi connectivity index (χ2n) is 6.38. The molecule has 2 N–H and O–H groups in total. The number of amides is 2. The highest BCUT2D eigenvalue weighted by Gasteiger charge is 2.33. The molecule has 0 saturated heterocycles. The fourth-order valence-corrected chi connectivity index (χ4v) is 3.13. The van der Waals surface area contributed by atoms with Crippen LogP contribution in [0.3, 0.4) is 0 Å². The predicted molar refractivity (Wildman–Crippen MR) is 87.6 cm³/mol. The van der Waals surface area contributed by atoms with E-state index in [1.807, 2.05) is 0 Å². The summed E-state index contributed by atoms with van der Waals surface area (Å²) in [5.41, 5.74) is 0.793. The van der Waals surface area contributed by atoms with Crippen LogP contribution < -0.4 is 5.32 Å². The maximum atomic E-state index is 12.4. The second-order valence-corrected chi connectivity index (χ2v) is 6.38. The van der Waals surface area contributed by atoms with Crippen molar-refractivity contribution in [2.45, 2.75) is 45.1 Å². The number of rotatable bonds is 4.